The van der Waals surface area contributed by atoms with Gasteiger partial charge >= 0.3 is 83.3 Å². The number of hydrogen-bond acceptors (Lipinski definition) is 3. The third-order valence-electron chi connectivity index (χ3n) is 2.20. The van der Waals surface area contributed by atoms with Crippen LogP contribution in [0, 0.1) is 0 Å². The standard InChI is InChI=1S/C7H9.3CO.W.H/c1-2-7-5-3-4-6-7;3*1-2;;/h3,5H,2,4H2,1H3;;;;;. The summed E-state index contributed by atoms with van der Waals surface area (Å²) in [5.74, 6) is 0. The van der Waals surface area contributed by atoms with Gasteiger partial charge in [-0.25, -0.2) is 0 Å². The zero-order chi connectivity index (χ0) is 10.6. The van der Waals surface area contributed by atoms with E-state index in [2.05, 4.69) is 0 Å². The average Bonchev–Trinajstić information content (AvgIpc) is 2.70. The van der Waals surface area contributed by atoms with Gasteiger partial charge in [-0.1, -0.05) is 0 Å². The van der Waals surface area contributed by atoms with Gasteiger partial charge in [-0.2, -0.15) is 0 Å². The summed E-state index contributed by atoms with van der Waals surface area (Å²) in [6, 6.07) is 0. The molecule has 0 aromatic carbocycles. The summed E-state index contributed by atoms with van der Waals surface area (Å²) in [7, 11) is 0. The third kappa shape index (κ3) is 1.60. The Kier molecular flexibility index (Phi) is 3.47. The molecule has 74 valence electrons. The van der Waals surface area contributed by atoms with E-state index >= 15 is 0 Å². The van der Waals surface area contributed by atoms with Crippen molar-refractivity contribution in [3.05, 3.63) is 21.7 Å². The minimum atomic E-state index is -4.32. The van der Waals surface area contributed by atoms with Crippen LogP contribution in [-0.2, 0) is 29.1 Å². The normalized spacial score (nSPS) is 14.9. The van der Waals surface area contributed by atoms with Crippen molar-refractivity contribution in [1.29, 1.82) is 0 Å². The Hall–Kier alpha value is -1.09. The Balaban J connectivity index is 3.74. The van der Waals surface area contributed by atoms with Gasteiger partial charge in [0.05, 0.1) is 0 Å². The monoisotopic (exact) mass is 362 g/mol. The number of hydrogen-bond donors (Lipinski definition) is 0. The summed E-state index contributed by atoms with van der Waals surface area (Å²) in [4.78, 5) is 32.2. The molecule has 1 aliphatic rings. The zero-order valence-electron chi connectivity index (χ0n) is 7.74. The summed E-state index contributed by atoms with van der Waals surface area (Å²) in [5.41, 5.74) is 0.915. The van der Waals surface area contributed by atoms with E-state index in [0.717, 1.165) is 12.0 Å². The van der Waals surface area contributed by atoms with Crippen molar-refractivity contribution in [2.45, 2.75) is 19.8 Å². The van der Waals surface area contributed by atoms with Gasteiger partial charge in [0, 0.05) is 0 Å². The van der Waals surface area contributed by atoms with Crippen LogP contribution < -0.4 is 0 Å². The third-order valence-corrected chi connectivity index (χ3v) is 9.75. The van der Waals surface area contributed by atoms with Gasteiger partial charge < -0.3 is 0 Å². The van der Waals surface area contributed by atoms with Crippen LogP contribution in [0.5, 0.6) is 0 Å². The summed E-state index contributed by atoms with van der Waals surface area (Å²) >= 11 is -4.32. The van der Waals surface area contributed by atoms with Gasteiger partial charge in [-0.15, -0.1) is 0 Å². The van der Waals surface area contributed by atoms with Crippen LogP contribution in [0.1, 0.15) is 19.8 Å². The molecule has 0 aromatic rings. The molecule has 0 atom stereocenters. The Morgan fingerprint density at radius 2 is 1.86 bits per heavy atom. The van der Waals surface area contributed by atoms with E-state index in [1.807, 2.05) is 19.1 Å². The van der Waals surface area contributed by atoms with E-state index < -0.39 is 14.7 Å². The predicted molar refractivity (Wildman–Crippen MR) is 49.5 cm³/mol. The Morgan fingerprint density at radius 1 is 1.29 bits per heavy atom. The second-order valence-corrected chi connectivity index (χ2v) is 11.6. The SMILES string of the molecule is CCC1=[C]([WH](=[C]=O)(=[C]=O)=[C]=O)CC=C1. The molecule has 14 heavy (non-hydrogen) atoms. The maximum absolute atomic E-state index is 10.7. The van der Waals surface area contributed by atoms with Crippen molar-refractivity contribution in [2.75, 3.05) is 0 Å². The van der Waals surface area contributed by atoms with Crippen LogP contribution in [0.15, 0.2) is 21.7 Å². The number of rotatable bonds is 2. The molecule has 0 heterocycles. The molecule has 4 heteroatoms. The van der Waals surface area contributed by atoms with Crippen LogP contribution in [0.3, 0.4) is 0 Å². The van der Waals surface area contributed by atoms with Crippen LogP contribution in [0.2, 0.25) is 0 Å². The molecule has 0 bridgehead atoms. The Bertz CT molecular complexity index is 514. The summed E-state index contributed by atoms with van der Waals surface area (Å²) in [6.07, 6.45) is 4.94. The van der Waals surface area contributed by atoms with E-state index in [-0.39, 0.29) is 0 Å². The first-order valence-corrected chi connectivity index (χ1v) is 10.6. The zero-order valence-corrected chi connectivity index (χ0v) is 11.0. The fourth-order valence-electron chi connectivity index (χ4n) is 1.44. The van der Waals surface area contributed by atoms with E-state index in [1.165, 1.54) is 0 Å². The van der Waals surface area contributed by atoms with Crippen molar-refractivity contribution in [3.63, 3.8) is 0 Å². The molecule has 1 aliphatic carbocycles. The molecule has 0 amide bonds. The second kappa shape index (κ2) is 4.42. The maximum atomic E-state index is 10.7. The van der Waals surface area contributed by atoms with Gasteiger partial charge in [0.1, 0.15) is 0 Å². The molecular formula is C10H10O3W. The molecule has 0 aliphatic heterocycles. The van der Waals surface area contributed by atoms with Crippen molar-refractivity contribution in [1.82, 2.24) is 0 Å². The first-order valence-electron chi connectivity index (χ1n) is 4.20. The molecule has 3 nitrogen and oxygen atoms in total. The molecule has 0 aromatic heterocycles. The molecule has 0 saturated carbocycles. The van der Waals surface area contributed by atoms with E-state index in [4.69, 9.17) is 0 Å². The molecule has 1 rings (SSSR count). The Morgan fingerprint density at radius 3 is 2.29 bits per heavy atom. The summed E-state index contributed by atoms with van der Waals surface area (Å²) in [5, 5.41) is 0. The van der Waals surface area contributed by atoms with Crippen LogP contribution in [0.25, 0.3) is 0 Å². The summed E-state index contributed by atoms with van der Waals surface area (Å²) in [6.45, 7) is 1.92. The van der Waals surface area contributed by atoms with Crippen LogP contribution in [0.4, 0.5) is 0 Å². The molecule has 0 spiro atoms. The van der Waals surface area contributed by atoms with E-state index in [1.54, 1.807) is 12.8 Å². The number of allylic oxidation sites excluding steroid dienone is 4. The predicted octanol–water partition coefficient (Wildman–Crippen LogP) is 0.698. The minimum absolute atomic E-state index is 0.515. The van der Waals surface area contributed by atoms with Gasteiger partial charge in [0.2, 0.25) is 0 Å². The molecule has 0 radical (unpaired) electrons. The van der Waals surface area contributed by atoms with Crippen molar-refractivity contribution in [3.8, 4) is 0 Å². The van der Waals surface area contributed by atoms with Crippen LogP contribution >= 0.6 is 0 Å². The molecule has 0 fully saturated rings. The van der Waals surface area contributed by atoms with Gasteiger partial charge in [0.15, 0.2) is 0 Å². The van der Waals surface area contributed by atoms with Gasteiger partial charge in [-0.3, -0.25) is 0 Å². The first kappa shape index (κ1) is 11.0. The van der Waals surface area contributed by atoms with Crippen molar-refractivity contribution < 1.29 is 29.1 Å². The van der Waals surface area contributed by atoms with E-state index in [0.29, 0.717) is 10.4 Å². The molecule has 0 unspecified atom stereocenters. The van der Waals surface area contributed by atoms with E-state index in [9.17, 15) is 14.4 Å². The number of carbonyl (C=O) groups excluding carboxylic acids is 3. The Labute approximate surface area is 83.5 Å². The second-order valence-electron chi connectivity index (χ2n) is 2.88. The van der Waals surface area contributed by atoms with Crippen molar-refractivity contribution in [2.24, 2.45) is 0 Å². The quantitative estimate of drug-likeness (QED) is 0.727. The molecule has 0 N–H and O–H groups in total. The van der Waals surface area contributed by atoms with Gasteiger partial charge in [-0.05, 0) is 0 Å². The van der Waals surface area contributed by atoms with Gasteiger partial charge in [0.25, 0.3) is 0 Å². The average molecular weight is 362 g/mol. The van der Waals surface area contributed by atoms with Crippen LogP contribution in [-0.4, -0.2) is 12.8 Å². The van der Waals surface area contributed by atoms with Crippen molar-refractivity contribution >= 4 is 12.8 Å². The summed E-state index contributed by atoms with van der Waals surface area (Å²) < 4.78 is 5.60. The fraction of sp³-hybridized carbons (Fsp3) is 0.300. The first-order chi connectivity index (χ1) is 6.74. The fourth-order valence-corrected chi connectivity index (χ4v) is 6.77. The topological polar surface area (TPSA) is 51.2 Å². The molecular weight excluding hydrogens is 352 g/mol. The molecule has 0 saturated heterocycles.